The maximum absolute atomic E-state index is 13.8. The van der Waals surface area contributed by atoms with Gasteiger partial charge in [0.05, 0.1) is 24.9 Å². The van der Waals surface area contributed by atoms with E-state index in [1.807, 2.05) is 69.3 Å². The molecule has 0 amide bonds. The van der Waals surface area contributed by atoms with Crippen LogP contribution in [0.4, 0.5) is 11.6 Å². The van der Waals surface area contributed by atoms with Gasteiger partial charge in [0, 0.05) is 36.7 Å². The van der Waals surface area contributed by atoms with Crippen molar-refractivity contribution in [1.82, 2.24) is 10.1 Å². The van der Waals surface area contributed by atoms with E-state index in [1.165, 1.54) is 0 Å². The van der Waals surface area contributed by atoms with Crippen LogP contribution >= 0.6 is 0 Å². The minimum atomic E-state index is -0.591. The molecule has 176 valence electrons. The number of hydrogen-bond donors (Lipinski definition) is 0. The lowest BCUT2D eigenvalue weighted by molar-refractivity contribution is -0.124. The van der Waals surface area contributed by atoms with E-state index in [0.717, 1.165) is 41.7 Å². The van der Waals surface area contributed by atoms with Crippen LogP contribution in [0.3, 0.4) is 0 Å². The van der Waals surface area contributed by atoms with Gasteiger partial charge in [-0.15, -0.1) is 0 Å². The molecule has 0 spiro atoms. The highest BCUT2D eigenvalue weighted by Gasteiger charge is 2.45. The van der Waals surface area contributed by atoms with Crippen molar-refractivity contribution in [2.75, 3.05) is 42.6 Å². The fourth-order valence-electron chi connectivity index (χ4n) is 4.76. The molecule has 1 unspecified atom stereocenters. The van der Waals surface area contributed by atoms with E-state index in [4.69, 9.17) is 14.2 Å². The first-order valence-electron chi connectivity index (χ1n) is 11.7. The third-order valence-corrected chi connectivity index (χ3v) is 6.47. The normalized spacial score (nSPS) is 21.8. The summed E-state index contributed by atoms with van der Waals surface area (Å²) in [7, 11) is 0. The Balaban J connectivity index is 1.61. The van der Waals surface area contributed by atoms with E-state index in [-0.39, 0.29) is 11.8 Å². The molecule has 2 saturated heterocycles. The van der Waals surface area contributed by atoms with Gasteiger partial charge in [-0.3, -0.25) is 4.79 Å². The highest BCUT2D eigenvalue weighted by Crippen LogP contribution is 2.43. The first-order chi connectivity index (χ1) is 16.4. The molecule has 0 N–H and O–H groups in total. The standard InChI is InChI=1S/C27H30N4O3/c1-19-16-24(29-34-19)31-18-27(2,3)26(32)22(25(31)20-8-5-4-6-9-20)17-21-10-7-11-23(28-21)30-12-14-33-15-13-30/h4-11,16-17,25H,12-15,18H2,1-3H3/b22-17-. The molecule has 2 fully saturated rings. The Morgan fingerprint density at radius 1 is 1.03 bits per heavy atom. The van der Waals surface area contributed by atoms with Crippen molar-refractivity contribution < 1.29 is 14.1 Å². The van der Waals surface area contributed by atoms with Gasteiger partial charge in [-0.1, -0.05) is 55.4 Å². The van der Waals surface area contributed by atoms with Crippen molar-refractivity contribution in [2.24, 2.45) is 5.41 Å². The van der Waals surface area contributed by atoms with Crippen LogP contribution in [0, 0.1) is 12.3 Å². The number of rotatable bonds is 4. The van der Waals surface area contributed by atoms with Gasteiger partial charge in [-0.2, -0.15) is 0 Å². The third-order valence-electron chi connectivity index (χ3n) is 6.47. The number of ketones is 1. The van der Waals surface area contributed by atoms with Crippen LogP contribution in [0.1, 0.15) is 36.9 Å². The second kappa shape index (κ2) is 9.06. The van der Waals surface area contributed by atoms with E-state index in [2.05, 4.69) is 27.1 Å². The lowest BCUT2D eigenvalue weighted by Crippen LogP contribution is -2.49. The number of benzene rings is 1. The second-order valence-electron chi connectivity index (χ2n) is 9.57. The van der Waals surface area contributed by atoms with Crippen molar-refractivity contribution in [1.29, 1.82) is 0 Å². The van der Waals surface area contributed by atoms with Gasteiger partial charge in [0.15, 0.2) is 11.6 Å². The summed E-state index contributed by atoms with van der Waals surface area (Å²) in [5.74, 6) is 2.49. The number of carbonyl (C=O) groups excluding carboxylic acids is 1. The summed E-state index contributed by atoms with van der Waals surface area (Å²) >= 11 is 0. The summed E-state index contributed by atoms with van der Waals surface area (Å²) in [5.41, 5.74) is 1.91. The lowest BCUT2D eigenvalue weighted by atomic mass is 9.74. The summed E-state index contributed by atoms with van der Waals surface area (Å²) in [4.78, 5) is 23.1. The number of aromatic nitrogens is 2. The topological polar surface area (TPSA) is 71.7 Å². The monoisotopic (exact) mass is 458 g/mol. The van der Waals surface area contributed by atoms with Crippen LogP contribution in [0.5, 0.6) is 0 Å². The molecule has 2 aliphatic heterocycles. The summed E-state index contributed by atoms with van der Waals surface area (Å²) in [6, 6.07) is 17.7. The smallest absolute Gasteiger partial charge is 0.173 e. The first kappa shape index (κ1) is 22.3. The maximum Gasteiger partial charge on any atom is 0.173 e. The van der Waals surface area contributed by atoms with Gasteiger partial charge in [-0.05, 0) is 30.7 Å². The number of aryl methyl sites for hydroxylation is 1. The van der Waals surface area contributed by atoms with E-state index in [1.54, 1.807) is 0 Å². The van der Waals surface area contributed by atoms with Gasteiger partial charge in [-0.25, -0.2) is 4.98 Å². The predicted molar refractivity (Wildman–Crippen MR) is 132 cm³/mol. The molecule has 4 heterocycles. The average Bonchev–Trinajstić information content (AvgIpc) is 3.29. The Labute approximate surface area is 200 Å². The van der Waals surface area contributed by atoms with Gasteiger partial charge in [0.1, 0.15) is 11.6 Å². The van der Waals surface area contributed by atoms with Gasteiger partial charge in [0.25, 0.3) is 0 Å². The summed E-state index contributed by atoms with van der Waals surface area (Å²) in [6.45, 7) is 9.41. The number of anilines is 2. The SMILES string of the molecule is Cc1cc(N2CC(C)(C)C(=O)/C(=C\c3cccc(N4CCOCC4)n3)C2c2ccccc2)no1. The lowest BCUT2D eigenvalue weighted by Gasteiger charge is -2.44. The Kier molecular flexibility index (Phi) is 5.96. The number of piperidine rings is 1. The minimum Gasteiger partial charge on any atom is -0.378 e. The molecule has 0 aliphatic carbocycles. The van der Waals surface area contributed by atoms with Gasteiger partial charge >= 0.3 is 0 Å². The Bertz CT molecular complexity index is 1200. The van der Waals surface area contributed by atoms with Crippen LogP contribution in [-0.2, 0) is 9.53 Å². The average molecular weight is 459 g/mol. The van der Waals surface area contributed by atoms with Crippen LogP contribution in [0.15, 0.2) is 64.7 Å². The number of Topliss-reactive ketones (excluding diaryl/α,β-unsaturated/α-hetero) is 1. The molecule has 1 atom stereocenters. The van der Waals surface area contributed by atoms with Crippen molar-refractivity contribution in [3.63, 3.8) is 0 Å². The summed E-state index contributed by atoms with van der Waals surface area (Å²) in [5, 5.41) is 4.30. The zero-order chi connectivity index (χ0) is 23.7. The van der Waals surface area contributed by atoms with Crippen LogP contribution in [0.25, 0.3) is 6.08 Å². The number of hydrogen-bond acceptors (Lipinski definition) is 7. The van der Waals surface area contributed by atoms with Crippen molar-refractivity contribution in [2.45, 2.75) is 26.8 Å². The molecule has 2 aromatic heterocycles. The number of nitrogens with zero attached hydrogens (tertiary/aromatic N) is 4. The molecule has 7 nitrogen and oxygen atoms in total. The van der Waals surface area contributed by atoms with Crippen LogP contribution < -0.4 is 9.80 Å². The second-order valence-corrected chi connectivity index (χ2v) is 9.57. The molecule has 0 bridgehead atoms. The van der Waals surface area contributed by atoms with Crippen molar-refractivity contribution in [3.05, 3.63) is 77.2 Å². The molecule has 1 aromatic carbocycles. The Morgan fingerprint density at radius 2 is 1.79 bits per heavy atom. The minimum absolute atomic E-state index is 0.122. The van der Waals surface area contributed by atoms with E-state index in [0.29, 0.717) is 25.3 Å². The number of carbonyl (C=O) groups is 1. The fraction of sp³-hybridized carbons (Fsp3) is 0.370. The van der Waals surface area contributed by atoms with E-state index >= 15 is 0 Å². The van der Waals surface area contributed by atoms with Gasteiger partial charge in [0.2, 0.25) is 0 Å². The highest BCUT2D eigenvalue weighted by molar-refractivity contribution is 6.06. The van der Waals surface area contributed by atoms with Crippen molar-refractivity contribution in [3.8, 4) is 0 Å². The molecule has 7 heteroatoms. The van der Waals surface area contributed by atoms with Crippen LogP contribution in [-0.4, -0.2) is 48.8 Å². The molecule has 3 aromatic rings. The molecule has 2 aliphatic rings. The Morgan fingerprint density at radius 3 is 2.50 bits per heavy atom. The van der Waals surface area contributed by atoms with E-state index in [9.17, 15) is 4.79 Å². The number of morpholine rings is 1. The largest absolute Gasteiger partial charge is 0.378 e. The van der Waals surface area contributed by atoms with Crippen molar-refractivity contribution >= 4 is 23.5 Å². The summed E-state index contributed by atoms with van der Waals surface area (Å²) < 4.78 is 10.9. The Hall–Kier alpha value is -3.45. The van der Waals surface area contributed by atoms with Gasteiger partial charge < -0.3 is 19.1 Å². The fourth-order valence-corrected chi connectivity index (χ4v) is 4.76. The highest BCUT2D eigenvalue weighted by atomic mass is 16.5. The van der Waals surface area contributed by atoms with E-state index < -0.39 is 5.41 Å². The maximum atomic E-state index is 13.8. The predicted octanol–water partition coefficient (Wildman–Crippen LogP) is 4.45. The molecule has 0 saturated carbocycles. The van der Waals surface area contributed by atoms with Crippen LogP contribution in [0.2, 0.25) is 0 Å². The quantitative estimate of drug-likeness (QED) is 0.535. The number of pyridine rings is 1. The zero-order valence-electron chi connectivity index (χ0n) is 19.9. The number of ether oxygens (including phenoxy) is 1. The third kappa shape index (κ3) is 4.35. The molecular weight excluding hydrogens is 428 g/mol. The zero-order valence-corrected chi connectivity index (χ0v) is 19.9. The first-order valence-corrected chi connectivity index (χ1v) is 11.7. The molecule has 34 heavy (non-hydrogen) atoms. The molecule has 0 radical (unpaired) electrons. The summed E-state index contributed by atoms with van der Waals surface area (Å²) in [6.07, 6.45) is 1.95. The molecule has 5 rings (SSSR count). The molecular formula is C27H30N4O3.